The maximum Gasteiger partial charge on any atom is 0.412 e. The molecule has 0 spiro atoms. The average molecular weight is 594 g/mol. The molecule has 208 valence electrons. The van der Waals surface area contributed by atoms with Crippen LogP contribution in [0.4, 0.5) is 17.6 Å². The van der Waals surface area contributed by atoms with Crippen molar-refractivity contribution in [3.63, 3.8) is 0 Å². The molecule has 2 aromatic heterocycles. The number of carboxylic acids is 1. The van der Waals surface area contributed by atoms with Crippen LogP contribution in [0.25, 0.3) is 22.3 Å². The number of carbonyl (C=O) groups excluding carboxylic acids is 1. The highest BCUT2D eigenvalue weighted by molar-refractivity contribution is 6.34. The molecule has 4 rings (SSSR count). The monoisotopic (exact) mass is 593 g/mol. The summed E-state index contributed by atoms with van der Waals surface area (Å²) in [5.41, 5.74) is 1.55. The highest BCUT2D eigenvalue weighted by Crippen LogP contribution is 2.35. The molecule has 2 N–H and O–H groups in total. The Kier molecular flexibility index (Phi) is 8.90. The molecular weight excluding hydrogens is 573 g/mol. The zero-order valence-corrected chi connectivity index (χ0v) is 22.1. The molecule has 1 amide bonds. The van der Waals surface area contributed by atoms with E-state index in [1.807, 2.05) is 5.32 Å². The molecule has 0 saturated heterocycles. The second-order valence-electron chi connectivity index (χ2n) is 9.03. The summed E-state index contributed by atoms with van der Waals surface area (Å²) >= 11 is 11.7. The lowest BCUT2D eigenvalue weighted by Crippen LogP contribution is -2.38. The molecule has 4 aromatic rings. The summed E-state index contributed by atoms with van der Waals surface area (Å²) in [5.74, 6) is -2.38. The Bertz CT molecular complexity index is 1540. The maximum atomic E-state index is 13.9. The number of halogens is 6. The third-order valence-electron chi connectivity index (χ3n) is 6.03. The van der Waals surface area contributed by atoms with E-state index in [1.165, 1.54) is 24.3 Å². The number of nitrogens with one attached hydrogen (secondary N) is 1. The number of alkyl halides is 3. The van der Waals surface area contributed by atoms with Crippen LogP contribution in [0.15, 0.2) is 60.8 Å². The average Bonchev–Trinajstić information content (AvgIpc) is 2.88. The molecule has 0 aliphatic heterocycles. The van der Waals surface area contributed by atoms with Crippen molar-refractivity contribution in [1.29, 1.82) is 0 Å². The Labute approximate surface area is 236 Å². The van der Waals surface area contributed by atoms with Crippen molar-refractivity contribution in [2.75, 3.05) is 0 Å². The van der Waals surface area contributed by atoms with Crippen molar-refractivity contribution in [1.82, 2.24) is 15.3 Å². The normalized spacial score (nSPS) is 12.3. The first-order chi connectivity index (χ1) is 18.9. The molecule has 0 radical (unpaired) electrons. The minimum absolute atomic E-state index is 0.0164. The SMILES string of the molecule is O=C(O)CCCCc1cc2cc(C(=O)N[C@@H](c3cc(Cl)cc(Cl)c3)C(F)(F)F)cnc2nc1-c1ccc(F)cc1. The van der Waals surface area contributed by atoms with Crippen LogP contribution >= 0.6 is 23.2 Å². The highest BCUT2D eigenvalue weighted by atomic mass is 35.5. The fraction of sp³-hybridized carbons (Fsp3) is 0.214. The Balaban J connectivity index is 1.68. The number of amides is 1. The van der Waals surface area contributed by atoms with Crippen LogP contribution in [0.2, 0.25) is 10.0 Å². The molecule has 0 unspecified atom stereocenters. The standard InChI is InChI=1S/C28H21Cl2F4N3O3/c29-20-11-17(12-21(30)13-20)25(28(32,33)34)37-27(40)19-10-18-9-16(3-1-2-4-23(38)39)24(36-26(18)35-14-19)15-5-7-22(31)8-6-15/h5-14,25H,1-4H2,(H,37,40)(H,38,39)/t25-/m0/s1. The van der Waals surface area contributed by atoms with Gasteiger partial charge in [0.25, 0.3) is 5.91 Å². The van der Waals surface area contributed by atoms with Crippen LogP contribution < -0.4 is 5.32 Å². The molecule has 40 heavy (non-hydrogen) atoms. The summed E-state index contributed by atoms with van der Waals surface area (Å²) in [4.78, 5) is 32.6. The van der Waals surface area contributed by atoms with Crippen LogP contribution in [0.1, 0.15) is 46.8 Å². The molecule has 0 bridgehead atoms. The smallest absolute Gasteiger partial charge is 0.412 e. The molecule has 2 heterocycles. The summed E-state index contributed by atoms with van der Waals surface area (Å²) in [6, 6.07) is 9.77. The molecule has 12 heteroatoms. The fourth-order valence-electron chi connectivity index (χ4n) is 4.18. The third-order valence-corrected chi connectivity index (χ3v) is 6.47. The Morgan fingerprint density at radius 2 is 1.65 bits per heavy atom. The van der Waals surface area contributed by atoms with Gasteiger partial charge in [0.1, 0.15) is 5.82 Å². The van der Waals surface area contributed by atoms with Gasteiger partial charge in [0.2, 0.25) is 0 Å². The van der Waals surface area contributed by atoms with Crippen molar-refractivity contribution in [2.45, 2.75) is 37.9 Å². The minimum atomic E-state index is -4.84. The van der Waals surface area contributed by atoms with E-state index in [4.69, 9.17) is 28.3 Å². The number of carboxylic acid groups (broad SMARTS) is 1. The summed E-state index contributed by atoms with van der Waals surface area (Å²) < 4.78 is 55.2. The van der Waals surface area contributed by atoms with E-state index in [0.29, 0.717) is 41.5 Å². The Morgan fingerprint density at radius 1 is 0.975 bits per heavy atom. The van der Waals surface area contributed by atoms with E-state index in [9.17, 15) is 27.2 Å². The number of aromatic nitrogens is 2. The van der Waals surface area contributed by atoms with Crippen molar-refractivity contribution in [2.24, 2.45) is 0 Å². The van der Waals surface area contributed by atoms with Crippen molar-refractivity contribution in [3.05, 3.63) is 93.3 Å². The molecule has 0 aliphatic carbocycles. The number of nitrogens with zero attached hydrogens (tertiary/aromatic N) is 2. The van der Waals surface area contributed by atoms with Crippen molar-refractivity contribution >= 4 is 46.1 Å². The first kappa shape index (κ1) is 29.2. The molecule has 0 aliphatic rings. The number of rotatable bonds is 9. The number of unbranched alkanes of at least 4 members (excludes halogenated alkanes) is 1. The fourth-order valence-corrected chi connectivity index (χ4v) is 4.73. The zero-order valence-electron chi connectivity index (χ0n) is 20.6. The Morgan fingerprint density at radius 3 is 2.27 bits per heavy atom. The number of hydrogen-bond donors (Lipinski definition) is 2. The predicted octanol–water partition coefficient (Wildman–Crippen LogP) is 7.57. The van der Waals surface area contributed by atoms with Gasteiger partial charge in [0, 0.05) is 33.6 Å². The summed E-state index contributed by atoms with van der Waals surface area (Å²) in [7, 11) is 0. The summed E-state index contributed by atoms with van der Waals surface area (Å²) in [6.45, 7) is 0. The molecule has 0 fully saturated rings. The van der Waals surface area contributed by atoms with Gasteiger partial charge in [0.05, 0.1) is 11.3 Å². The molecule has 1 atom stereocenters. The van der Waals surface area contributed by atoms with Gasteiger partial charge in [-0.1, -0.05) is 23.2 Å². The summed E-state index contributed by atoms with van der Waals surface area (Å²) in [6.07, 6.45) is -2.41. The van der Waals surface area contributed by atoms with E-state index in [0.717, 1.165) is 18.3 Å². The number of carbonyl (C=O) groups is 2. The first-order valence-corrected chi connectivity index (χ1v) is 12.8. The topological polar surface area (TPSA) is 92.2 Å². The predicted molar refractivity (Wildman–Crippen MR) is 143 cm³/mol. The van der Waals surface area contributed by atoms with E-state index >= 15 is 0 Å². The van der Waals surface area contributed by atoms with Gasteiger partial charge in [-0.25, -0.2) is 14.4 Å². The van der Waals surface area contributed by atoms with Gasteiger partial charge in [-0.3, -0.25) is 9.59 Å². The number of fused-ring (bicyclic) bond motifs is 1. The number of pyridine rings is 2. The van der Waals surface area contributed by atoms with Gasteiger partial charge in [-0.15, -0.1) is 0 Å². The van der Waals surface area contributed by atoms with E-state index in [1.54, 1.807) is 18.2 Å². The van der Waals surface area contributed by atoms with E-state index in [-0.39, 0.29) is 33.2 Å². The first-order valence-electron chi connectivity index (χ1n) is 12.0. The van der Waals surface area contributed by atoms with Crippen LogP contribution in [-0.2, 0) is 11.2 Å². The zero-order chi connectivity index (χ0) is 29.0. The number of aliphatic carboxylic acids is 1. The lowest BCUT2D eigenvalue weighted by Gasteiger charge is -2.22. The van der Waals surface area contributed by atoms with Gasteiger partial charge in [-0.05, 0) is 85.0 Å². The maximum absolute atomic E-state index is 13.9. The van der Waals surface area contributed by atoms with Crippen LogP contribution in [0.5, 0.6) is 0 Å². The van der Waals surface area contributed by atoms with E-state index in [2.05, 4.69) is 9.97 Å². The lowest BCUT2D eigenvalue weighted by molar-refractivity contribution is -0.155. The molecular formula is C28H21Cl2F4N3O3. The molecule has 6 nitrogen and oxygen atoms in total. The second kappa shape index (κ2) is 12.2. The molecule has 2 aromatic carbocycles. The van der Waals surface area contributed by atoms with Crippen molar-refractivity contribution < 1.29 is 32.3 Å². The van der Waals surface area contributed by atoms with Gasteiger partial charge >= 0.3 is 12.1 Å². The quantitative estimate of drug-likeness (QED) is 0.154. The van der Waals surface area contributed by atoms with Crippen LogP contribution in [0.3, 0.4) is 0 Å². The minimum Gasteiger partial charge on any atom is -0.481 e. The molecule has 0 saturated carbocycles. The third kappa shape index (κ3) is 7.25. The number of benzene rings is 2. The van der Waals surface area contributed by atoms with Crippen LogP contribution in [0, 0.1) is 5.82 Å². The van der Waals surface area contributed by atoms with Crippen LogP contribution in [-0.4, -0.2) is 33.1 Å². The highest BCUT2D eigenvalue weighted by Gasteiger charge is 2.42. The van der Waals surface area contributed by atoms with Gasteiger partial charge in [-0.2, -0.15) is 13.2 Å². The second-order valence-corrected chi connectivity index (χ2v) is 9.90. The number of aryl methyl sites for hydroxylation is 1. The Hall–Kier alpha value is -3.76. The number of hydrogen-bond acceptors (Lipinski definition) is 4. The lowest BCUT2D eigenvalue weighted by atomic mass is 9.99. The van der Waals surface area contributed by atoms with Gasteiger partial charge in [0.15, 0.2) is 11.7 Å². The van der Waals surface area contributed by atoms with Gasteiger partial charge < -0.3 is 10.4 Å². The largest absolute Gasteiger partial charge is 0.481 e. The van der Waals surface area contributed by atoms with E-state index < -0.39 is 29.9 Å². The summed E-state index contributed by atoms with van der Waals surface area (Å²) in [5, 5.41) is 11.3. The van der Waals surface area contributed by atoms with Crippen molar-refractivity contribution in [3.8, 4) is 11.3 Å².